The molecule has 0 fully saturated rings. The summed E-state index contributed by atoms with van der Waals surface area (Å²) in [5.41, 5.74) is 2.28. The molecule has 0 aliphatic carbocycles. The fourth-order valence-corrected chi connectivity index (χ4v) is 1.22. The van der Waals surface area contributed by atoms with Gasteiger partial charge in [0, 0.05) is 12.4 Å². The fourth-order valence-electron chi connectivity index (χ4n) is 1.22. The highest BCUT2D eigenvalue weighted by molar-refractivity contribution is 5.55. The third-order valence-corrected chi connectivity index (χ3v) is 1.72. The zero-order valence-corrected chi connectivity index (χ0v) is 6.65. The van der Waals surface area contributed by atoms with Crippen LogP contribution in [0.25, 0.3) is 5.65 Å². The van der Waals surface area contributed by atoms with Gasteiger partial charge < -0.3 is 4.40 Å². The maximum Gasteiger partial charge on any atom is 0.154 e. The van der Waals surface area contributed by atoms with Crippen molar-refractivity contribution in [3.63, 3.8) is 0 Å². The molecule has 0 aromatic carbocycles. The van der Waals surface area contributed by atoms with Gasteiger partial charge in [0.15, 0.2) is 5.65 Å². The first-order chi connectivity index (χ1) is 5.81. The van der Waals surface area contributed by atoms with Crippen LogP contribution in [0.2, 0.25) is 0 Å². The second kappa shape index (κ2) is 2.35. The van der Waals surface area contributed by atoms with Crippen molar-refractivity contribution in [2.45, 2.75) is 6.92 Å². The molecule has 2 aromatic heterocycles. The summed E-state index contributed by atoms with van der Waals surface area (Å²) in [4.78, 5) is 4.22. The first-order valence-corrected chi connectivity index (χ1v) is 3.65. The Balaban J connectivity index is 2.89. The molecule has 0 saturated heterocycles. The Labute approximate surface area is 69.9 Å². The lowest BCUT2D eigenvalue weighted by Crippen LogP contribution is -1.85. The van der Waals surface area contributed by atoms with E-state index < -0.39 is 0 Å². The van der Waals surface area contributed by atoms with Crippen molar-refractivity contribution in [1.29, 1.82) is 5.26 Å². The number of rotatable bonds is 0. The van der Waals surface area contributed by atoms with Crippen LogP contribution in [0.3, 0.4) is 0 Å². The number of nitrogens with zero attached hydrogens (tertiary/aromatic N) is 3. The molecule has 0 unspecified atom stereocenters. The summed E-state index contributed by atoms with van der Waals surface area (Å²) in [6, 6.07) is 5.71. The molecule has 0 spiro atoms. The summed E-state index contributed by atoms with van der Waals surface area (Å²) in [5.74, 6) is 0. The normalized spacial score (nSPS) is 10.0. The Kier molecular flexibility index (Phi) is 1.34. The number of nitriles is 1. The van der Waals surface area contributed by atoms with Gasteiger partial charge in [0.25, 0.3) is 0 Å². The van der Waals surface area contributed by atoms with E-state index in [9.17, 15) is 0 Å². The maximum absolute atomic E-state index is 8.74. The van der Waals surface area contributed by atoms with E-state index >= 15 is 0 Å². The van der Waals surface area contributed by atoms with E-state index in [-0.39, 0.29) is 0 Å². The van der Waals surface area contributed by atoms with E-state index in [4.69, 9.17) is 5.26 Å². The lowest BCUT2D eigenvalue weighted by Gasteiger charge is -1.91. The lowest BCUT2D eigenvalue weighted by atomic mass is 10.3. The van der Waals surface area contributed by atoms with Crippen molar-refractivity contribution in [3.05, 3.63) is 35.8 Å². The summed E-state index contributed by atoms with van der Waals surface area (Å²) in [7, 11) is 0. The second-order valence-electron chi connectivity index (χ2n) is 2.65. The molecule has 2 aromatic rings. The molecule has 12 heavy (non-hydrogen) atoms. The van der Waals surface area contributed by atoms with Gasteiger partial charge in [-0.2, -0.15) is 5.26 Å². The monoisotopic (exact) mass is 157 g/mol. The molecule has 2 rings (SSSR count). The topological polar surface area (TPSA) is 41.1 Å². The highest BCUT2D eigenvalue weighted by Crippen LogP contribution is 2.08. The van der Waals surface area contributed by atoms with Crippen LogP contribution in [-0.2, 0) is 0 Å². The van der Waals surface area contributed by atoms with Crippen molar-refractivity contribution in [1.82, 2.24) is 9.38 Å². The highest BCUT2D eigenvalue weighted by atomic mass is 15.0. The largest absolute Gasteiger partial charge is 0.306 e. The van der Waals surface area contributed by atoms with Gasteiger partial charge in [-0.05, 0) is 19.1 Å². The van der Waals surface area contributed by atoms with E-state index in [0.717, 1.165) is 11.3 Å². The predicted octanol–water partition coefficient (Wildman–Crippen LogP) is 1.51. The summed E-state index contributed by atoms with van der Waals surface area (Å²) >= 11 is 0. The van der Waals surface area contributed by atoms with Crippen LogP contribution < -0.4 is 0 Å². The van der Waals surface area contributed by atoms with Crippen molar-refractivity contribution in [3.8, 4) is 6.07 Å². The number of hydrogen-bond donors (Lipinski definition) is 0. The lowest BCUT2D eigenvalue weighted by molar-refractivity contribution is 1.18. The van der Waals surface area contributed by atoms with Crippen LogP contribution in [0.15, 0.2) is 24.5 Å². The molecule has 2 heterocycles. The zero-order chi connectivity index (χ0) is 8.55. The number of pyridine rings is 1. The molecule has 58 valence electrons. The molecule has 0 bridgehead atoms. The molecular formula is C9H7N3. The van der Waals surface area contributed by atoms with Crippen molar-refractivity contribution in [2.75, 3.05) is 0 Å². The smallest absolute Gasteiger partial charge is 0.154 e. The van der Waals surface area contributed by atoms with E-state index in [0.29, 0.717) is 5.56 Å². The Bertz CT molecular complexity index is 462. The van der Waals surface area contributed by atoms with Crippen LogP contribution in [0, 0.1) is 18.3 Å². The van der Waals surface area contributed by atoms with Gasteiger partial charge in [0.2, 0.25) is 0 Å². The molecule has 3 heteroatoms. The molecule has 0 radical (unpaired) electrons. The SMILES string of the molecule is Cc1cn2cccc(C#N)c2n1. The average molecular weight is 157 g/mol. The number of aryl methyl sites for hydroxylation is 1. The molecule has 3 nitrogen and oxygen atoms in total. The number of fused-ring (bicyclic) bond motifs is 1. The van der Waals surface area contributed by atoms with Crippen LogP contribution in [-0.4, -0.2) is 9.38 Å². The van der Waals surface area contributed by atoms with E-state index in [1.165, 1.54) is 0 Å². The van der Waals surface area contributed by atoms with Gasteiger partial charge >= 0.3 is 0 Å². The van der Waals surface area contributed by atoms with Gasteiger partial charge in [0.1, 0.15) is 6.07 Å². The maximum atomic E-state index is 8.74. The standard InChI is InChI=1S/C9H7N3/c1-7-6-12-4-2-3-8(5-10)9(12)11-7/h2-4,6H,1H3. The van der Waals surface area contributed by atoms with Crippen LogP contribution in [0.5, 0.6) is 0 Å². The number of imidazole rings is 1. The third-order valence-electron chi connectivity index (χ3n) is 1.72. The summed E-state index contributed by atoms with van der Waals surface area (Å²) < 4.78 is 1.86. The average Bonchev–Trinajstić information content (AvgIpc) is 2.44. The Morgan fingerprint density at radius 3 is 3.17 bits per heavy atom. The minimum atomic E-state index is 0.616. The molecule has 0 aliphatic heterocycles. The zero-order valence-electron chi connectivity index (χ0n) is 6.65. The number of aromatic nitrogens is 2. The molecule has 0 amide bonds. The molecule has 0 N–H and O–H groups in total. The van der Waals surface area contributed by atoms with Crippen molar-refractivity contribution >= 4 is 5.65 Å². The highest BCUT2D eigenvalue weighted by Gasteiger charge is 2.01. The van der Waals surface area contributed by atoms with E-state index in [2.05, 4.69) is 11.1 Å². The summed E-state index contributed by atoms with van der Waals surface area (Å²) in [6.07, 6.45) is 3.78. The van der Waals surface area contributed by atoms with Gasteiger partial charge in [-0.15, -0.1) is 0 Å². The fraction of sp³-hybridized carbons (Fsp3) is 0.111. The molecule has 0 aliphatic rings. The van der Waals surface area contributed by atoms with Gasteiger partial charge in [0.05, 0.1) is 11.3 Å². The van der Waals surface area contributed by atoms with Crippen molar-refractivity contribution < 1.29 is 0 Å². The molecular weight excluding hydrogens is 150 g/mol. The van der Waals surface area contributed by atoms with Crippen LogP contribution in [0.1, 0.15) is 11.3 Å². The van der Waals surface area contributed by atoms with Crippen LogP contribution >= 0.6 is 0 Å². The van der Waals surface area contributed by atoms with Crippen molar-refractivity contribution in [2.24, 2.45) is 0 Å². The Hall–Kier alpha value is -1.82. The first kappa shape index (κ1) is 6.86. The Morgan fingerprint density at radius 2 is 2.42 bits per heavy atom. The van der Waals surface area contributed by atoms with Gasteiger partial charge in [-0.3, -0.25) is 0 Å². The molecule has 0 atom stereocenters. The third kappa shape index (κ3) is 0.857. The Morgan fingerprint density at radius 1 is 1.58 bits per heavy atom. The minimum absolute atomic E-state index is 0.616. The molecule has 0 saturated carbocycles. The first-order valence-electron chi connectivity index (χ1n) is 3.65. The minimum Gasteiger partial charge on any atom is -0.306 e. The van der Waals surface area contributed by atoms with Gasteiger partial charge in [-0.1, -0.05) is 0 Å². The van der Waals surface area contributed by atoms with Crippen LogP contribution in [0.4, 0.5) is 0 Å². The number of hydrogen-bond acceptors (Lipinski definition) is 2. The predicted molar refractivity (Wildman–Crippen MR) is 44.6 cm³/mol. The van der Waals surface area contributed by atoms with Gasteiger partial charge in [-0.25, -0.2) is 4.98 Å². The second-order valence-corrected chi connectivity index (χ2v) is 2.65. The van der Waals surface area contributed by atoms with E-state index in [1.54, 1.807) is 6.07 Å². The quantitative estimate of drug-likeness (QED) is 0.581. The summed E-state index contributed by atoms with van der Waals surface area (Å²) in [5, 5.41) is 8.74. The van der Waals surface area contributed by atoms with E-state index in [1.807, 2.05) is 29.8 Å². The summed E-state index contributed by atoms with van der Waals surface area (Å²) in [6.45, 7) is 1.91.